The van der Waals surface area contributed by atoms with Crippen molar-refractivity contribution in [2.75, 3.05) is 0 Å². The third-order valence-electron chi connectivity index (χ3n) is 1.00. The molecule has 1 aromatic carbocycles. The molecule has 1 N–H and O–H groups in total. The second-order valence-corrected chi connectivity index (χ2v) is 1.65. The molecule has 2 heteroatoms. The Kier molecular flexibility index (Phi) is 1.45. The van der Waals surface area contributed by atoms with Gasteiger partial charge in [0.1, 0.15) is 0 Å². The Balaban J connectivity index is 2.67. The number of hydrogen-bond acceptors (Lipinski definition) is 2. The summed E-state index contributed by atoms with van der Waals surface area (Å²) in [4.78, 5) is 0. The van der Waals surface area contributed by atoms with Crippen molar-refractivity contribution in [2.24, 2.45) is 5.16 Å². The van der Waals surface area contributed by atoms with Crippen molar-refractivity contribution in [1.82, 2.24) is 0 Å². The van der Waals surface area contributed by atoms with Gasteiger partial charge in [-0.1, -0.05) is 35.5 Å². The largest absolute Gasteiger partial charge is 0.411 e. The average molecular weight is 122 g/mol. The summed E-state index contributed by atoms with van der Waals surface area (Å²) in [7, 11) is 0. The van der Waals surface area contributed by atoms with Gasteiger partial charge in [0.05, 0.1) is 6.21 Å². The number of nitrogens with zero attached hydrogens (tertiary/aromatic N) is 1. The van der Waals surface area contributed by atoms with Crippen LogP contribution in [0.15, 0.2) is 35.5 Å². The van der Waals surface area contributed by atoms with Crippen LogP contribution in [0.1, 0.15) is 5.56 Å². The van der Waals surface area contributed by atoms with Crippen molar-refractivity contribution in [1.29, 1.82) is 0 Å². The Morgan fingerprint density at radius 1 is 1.44 bits per heavy atom. The Labute approximate surface area is 54.9 Å². The van der Waals surface area contributed by atoms with Gasteiger partial charge in [-0.05, 0) is 5.56 Å². The molecule has 0 bridgehead atoms. The van der Waals surface area contributed by atoms with Crippen LogP contribution in [-0.2, 0) is 0 Å². The van der Waals surface area contributed by atoms with Crippen LogP contribution in [0.5, 0.6) is 0 Å². The maximum Gasteiger partial charge on any atom is 0.330 e. The van der Waals surface area contributed by atoms with Gasteiger partial charge in [0.2, 0.25) is 0 Å². The second kappa shape index (κ2) is 2.87. The van der Waals surface area contributed by atoms with Crippen molar-refractivity contribution >= 4 is 6.21 Å². The van der Waals surface area contributed by atoms with Crippen LogP contribution in [0.25, 0.3) is 0 Å². The van der Waals surface area contributed by atoms with E-state index in [4.69, 9.17) is 1.43 Å². The molecule has 0 fully saturated rings. The first-order chi connectivity index (χ1) is 4.93. The highest BCUT2D eigenvalue weighted by Gasteiger charge is 1.79. The first kappa shape index (κ1) is 4.56. The van der Waals surface area contributed by atoms with E-state index in [0.29, 0.717) is 0 Å². The lowest BCUT2D eigenvalue weighted by molar-refractivity contribution is 0.322. The summed E-state index contributed by atoms with van der Waals surface area (Å²) in [5, 5.41) is 7.05. The predicted octanol–water partition coefficient (Wildman–Crippen LogP) is 1.49. The zero-order valence-electron chi connectivity index (χ0n) is 5.82. The lowest BCUT2D eigenvalue weighted by atomic mass is 10.2. The number of benzene rings is 1. The molecule has 0 spiro atoms. The van der Waals surface area contributed by atoms with Crippen LogP contribution in [0.3, 0.4) is 0 Å². The molecule has 0 saturated carbocycles. The molecule has 0 unspecified atom stereocenters. The number of hydrogen-bond donors (Lipinski definition) is 1. The first-order valence-corrected chi connectivity index (χ1v) is 2.64. The number of oxime groups is 1. The van der Waals surface area contributed by atoms with Crippen LogP contribution in [-0.4, -0.2) is 11.4 Å². The molecule has 0 heterocycles. The summed E-state index contributed by atoms with van der Waals surface area (Å²) in [6.07, 6.45) is 1.48. The van der Waals surface area contributed by atoms with Crippen molar-refractivity contribution < 1.29 is 6.64 Å². The van der Waals surface area contributed by atoms with E-state index in [1.807, 2.05) is 30.3 Å². The minimum absolute atomic E-state index is 0.926. The minimum Gasteiger partial charge on any atom is -0.411 e. The van der Waals surface area contributed by atoms with E-state index in [1.165, 1.54) is 6.21 Å². The highest BCUT2D eigenvalue weighted by atomic mass is 16.4. The molecule has 0 aromatic heterocycles. The standard InChI is InChI=1S/C7H7NO/c9-8-6-7-4-2-1-3-5-7/h1-6,9H/b8-6+/i/hD. The Bertz CT molecular complexity index is 210. The van der Waals surface area contributed by atoms with Crippen LogP contribution in [0.2, 0.25) is 1.43 Å². The van der Waals surface area contributed by atoms with E-state index in [-0.39, 0.29) is 0 Å². The molecule has 0 atom stereocenters. The summed E-state index contributed by atoms with van der Waals surface area (Å²) in [5.41, 5.74) is 0.926. The Hall–Kier alpha value is -1.31. The predicted molar refractivity (Wildman–Crippen MR) is 35.8 cm³/mol. The third-order valence-corrected chi connectivity index (χ3v) is 1.00. The van der Waals surface area contributed by atoms with Crippen molar-refractivity contribution in [3.63, 3.8) is 0 Å². The molecule has 0 radical (unpaired) electrons. The van der Waals surface area contributed by atoms with Gasteiger partial charge in [-0.3, -0.25) is 0 Å². The summed E-state index contributed by atoms with van der Waals surface area (Å²) < 4.78 is 6.25. The molecular formula is C7H7NO. The van der Waals surface area contributed by atoms with Crippen molar-refractivity contribution in [2.45, 2.75) is 0 Å². The topological polar surface area (TPSA) is 32.6 Å². The van der Waals surface area contributed by atoms with E-state index in [9.17, 15) is 0 Å². The zero-order chi connectivity index (χ0) is 7.23. The van der Waals surface area contributed by atoms with Crippen molar-refractivity contribution in [3.05, 3.63) is 35.9 Å². The van der Waals surface area contributed by atoms with E-state index >= 15 is 0 Å². The van der Waals surface area contributed by atoms with Gasteiger partial charge in [-0.2, -0.15) is 0 Å². The minimum atomic E-state index is 0.926. The lowest BCUT2D eigenvalue weighted by Crippen LogP contribution is -1.76. The van der Waals surface area contributed by atoms with Crippen LogP contribution < -0.4 is 0 Å². The molecule has 0 aliphatic carbocycles. The molecular weight excluding hydrogens is 114 g/mol. The van der Waals surface area contributed by atoms with Crippen LogP contribution >= 0.6 is 0 Å². The Morgan fingerprint density at radius 2 is 2.22 bits per heavy atom. The van der Waals surface area contributed by atoms with Gasteiger partial charge in [0, 0.05) is 0 Å². The van der Waals surface area contributed by atoms with Gasteiger partial charge >= 0.3 is 1.43 Å². The summed E-state index contributed by atoms with van der Waals surface area (Å²) in [6.45, 7) is 0. The normalized spacial score (nSPS) is 11.3. The molecule has 46 valence electrons. The SMILES string of the molecule is [2H]O/N=C/c1ccccc1. The first-order valence-electron chi connectivity index (χ1n) is 3.05. The van der Waals surface area contributed by atoms with Crippen LogP contribution in [0.4, 0.5) is 0 Å². The molecule has 9 heavy (non-hydrogen) atoms. The second-order valence-electron chi connectivity index (χ2n) is 1.65. The molecule has 0 amide bonds. The monoisotopic (exact) mass is 122 g/mol. The fourth-order valence-corrected chi connectivity index (χ4v) is 0.600. The van der Waals surface area contributed by atoms with Crippen molar-refractivity contribution in [3.8, 4) is 0 Å². The lowest BCUT2D eigenvalue weighted by Gasteiger charge is -1.85. The van der Waals surface area contributed by atoms with Gasteiger partial charge in [0.25, 0.3) is 0 Å². The van der Waals surface area contributed by atoms with Gasteiger partial charge in [0.15, 0.2) is 0 Å². The summed E-state index contributed by atoms with van der Waals surface area (Å²) in [5.74, 6) is 0. The molecule has 0 saturated heterocycles. The summed E-state index contributed by atoms with van der Waals surface area (Å²) in [6, 6.07) is 9.46. The van der Waals surface area contributed by atoms with Crippen LogP contribution in [0, 0.1) is 0 Å². The quantitative estimate of drug-likeness (QED) is 0.360. The van der Waals surface area contributed by atoms with Gasteiger partial charge < -0.3 is 5.21 Å². The number of rotatable bonds is 2. The van der Waals surface area contributed by atoms with E-state index in [2.05, 4.69) is 10.4 Å². The maximum atomic E-state index is 6.25. The maximum absolute atomic E-state index is 6.25. The third kappa shape index (κ3) is 1.57. The Morgan fingerprint density at radius 3 is 2.89 bits per heavy atom. The highest BCUT2D eigenvalue weighted by Crippen LogP contribution is 1.92. The molecule has 0 aliphatic heterocycles. The average Bonchev–Trinajstić information content (AvgIpc) is 2.03. The smallest absolute Gasteiger partial charge is 0.330 e. The van der Waals surface area contributed by atoms with E-state index < -0.39 is 0 Å². The fourth-order valence-electron chi connectivity index (χ4n) is 0.600. The van der Waals surface area contributed by atoms with Gasteiger partial charge in [-0.25, -0.2) is 0 Å². The van der Waals surface area contributed by atoms with E-state index in [1.54, 1.807) is 0 Å². The summed E-state index contributed by atoms with van der Waals surface area (Å²) >= 11 is 0. The fraction of sp³-hybridized carbons (Fsp3) is 0. The van der Waals surface area contributed by atoms with Gasteiger partial charge in [-0.15, -0.1) is 0 Å². The van der Waals surface area contributed by atoms with E-state index in [0.717, 1.165) is 5.56 Å². The molecule has 0 aliphatic rings. The highest BCUT2D eigenvalue weighted by molar-refractivity contribution is 5.78. The zero-order valence-corrected chi connectivity index (χ0v) is 4.82. The molecule has 1 aromatic rings. The molecule has 2 nitrogen and oxygen atoms in total. The molecule has 1 rings (SSSR count).